The van der Waals surface area contributed by atoms with Crippen molar-refractivity contribution in [1.82, 2.24) is 0 Å². The Labute approximate surface area is 93.3 Å². The number of rotatable bonds is 3. The average molecular weight is 223 g/mol. The minimum Gasteiger partial charge on any atom is -0.454 e. The third kappa shape index (κ3) is 1.63. The molecular weight excluding hydrogens is 209 g/mol. The minimum absolute atomic E-state index is 0.113. The maximum absolute atomic E-state index is 12.9. The molecule has 2 N–H and O–H groups in total. The maximum Gasteiger partial charge on any atom is 0.231 e. The van der Waals surface area contributed by atoms with Gasteiger partial charge in [-0.15, -0.1) is 0 Å². The van der Waals surface area contributed by atoms with E-state index in [9.17, 15) is 4.39 Å². The number of ether oxygens (including phenoxy) is 2. The molecule has 86 valence electrons. The van der Waals surface area contributed by atoms with Gasteiger partial charge in [-0.05, 0) is 42.5 Å². The first kappa shape index (κ1) is 9.90. The molecule has 0 radical (unpaired) electrons. The summed E-state index contributed by atoms with van der Waals surface area (Å²) in [6, 6.07) is 3.59. The molecule has 1 aromatic carbocycles. The summed E-state index contributed by atoms with van der Waals surface area (Å²) in [6.07, 6.45) is 2.77. The normalized spacial score (nSPS) is 19.9. The van der Waals surface area contributed by atoms with Crippen LogP contribution in [0.15, 0.2) is 12.1 Å². The zero-order chi connectivity index (χ0) is 11.2. The van der Waals surface area contributed by atoms with Crippen molar-refractivity contribution >= 4 is 0 Å². The highest BCUT2D eigenvalue weighted by molar-refractivity contribution is 5.49. The molecule has 1 aliphatic carbocycles. The SMILES string of the molecule is NC1(Cc2cc3c(cc2CF)OCO3)CC1. The Bertz CT molecular complexity index is 429. The number of nitrogens with two attached hydrogens (primary N) is 1. The molecule has 2 aliphatic rings. The van der Waals surface area contributed by atoms with Crippen LogP contribution < -0.4 is 15.2 Å². The molecule has 0 atom stereocenters. The van der Waals surface area contributed by atoms with E-state index >= 15 is 0 Å². The number of alkyl halides is 1. The monoisotopic (exact) mass is 223 g/mol. The van der Waals surface area contributed by atoms with Gasteiger partial charge in [-0.1, -0.05) is 0 Å². The van der Waals surface area contributed by atoms with Gasteiger partial charge in [0.1, 0.15) is 6.67 Å². The number of hydrogen-bond acceptors (Lipinski definition) is 3. The predicted molar refractivity (Wildman–Crippen MR) is 57.2 cm³/mol. The lowest BCUT2D eigenvalue weighted by Gasteiger charge is -2.12. The van der Waals surface area contributed by atoms with Gasteiger partial charge in [0.15, 0.2) is 11.5 Å². The van der Waals surface area contributed by atoms with Crippen molar-refractivity contribution in [3.05, 3.63) is 23.3 Å². The van der Waals surface area contributed by atoms with Crippen molar-refractivity contribution < 1.29 is 13.9 Å². The van der Waals surface area contributed by atoms with Crippen LogP contribution in [0.25, 0.3) is 0 Å². The van der Waals surface area contributed by atoms with E-state index in [4.69, 9.17) is 15.2 Å². The topological polar surface area (TPSA) is 44.5 Å². The average Bonchev–Trinajstić information content (AvgIpc) is 2.82. The third-order valence-electron chi connectivity index (χ3n) is 3.27. The zero-order valence-corrected chi connectivity index (χ0v) is 8.96. The van der Waals surface area contributed by atoms with Gasteiger partial charge in [0, 0.05) is 5.54 Å². The van der Waals surface area contributed by atoms with Crippen molar-refractivity contribution in [2.45, 2.75) is 31.5 Å². The highest BCUT2D eigenvalue weighted by Crippen LogP contribution is 2.40. The van der Waals surface area contributed by atoms with E-state index in [1.165, 1.54) is 0 Å². The lowest BCUT2D eigenvalue weighted by molar-refractivity contribution is 0.174. The van der Waals surface area contributed by atoms with Gasteiger partial charge in [-0.2, -0.15) is 0 Å². The first-order valence-corrected chi connectivity index (χ1v) is 5.46. The van der Waals surface area contributed by atoms with Crippen molar-refractivity contribution in [1.29, 1.82) is 0 Å². The Hall–Kier alpha value is -1.29. The summed E-state index contributed by atoms with van der Waals surface area (Å²) in [4.78, 5) is 0. The summed E-state index contributed by atoms with van der Waals surface area (Å²) < 4.78 is 23.4. The molecule has 16 heavy (non-hydrogen) atoms. The Morgan fingerprint density at radius 3 is 2.38 bits per heavy atom. The summed E-state index contributed by atoms with van der Waals surface area (Å²) >= 11 is 0. The second kappa shape index (κ2) is 3.35. The van der Waals surface area contributed by atoms with E-state index < -0.39 is 6.67 Å². The Balaban J connectivity index is 1.95. The predicted octanol–water partition coefficient (Wildman–Crippen LogP) is 1.92. The molecule has 0 amide bonds. The fraction of sp³-hybridized carbons (Fsp3) is 0.500. The van der Waals surface area contributed by atoms with E-state index in [1.807, 2.05) is 6.07 Å². The quantitative estimate of drug-likeness (QED) is 0.851. The van der Waals surface area contributed by atoms with Gasteiger partial charge in [-0.3, -0.25) is 0 Å². The molecule has 1 fully saturated rings. The van der Waals surface area contributed by atoms with E-state index in [2.05, 4.69) is 0 Å². The highest BCUT2D eigenvalue weighted by atomic mass is 19.1. The van der Waals surface area contributed by atoms with Crippen molar-refractivity contribution in [3.63, 3.8) is 0 Å². The third-order valence-corrected chi connectivity index (χ3v) is 3.27. The molecule has 0 saturated heterocycles. The molecule has 0 unspecified atom stereocenters. The standard InChI is InChI=1S/C12H14FNO2/c13-6-9-4-11-10(15-7-16-11)3-8(9)5-12(14)1-2-12/h3-4H,1-2,5-7,14H2. The van der Waals surface area contributed by atoms with Gasteiger partial charge >= 0.3 is 0 Å². The van der Waals surface area contributed by atoms with Gasteiger partial charge < -0.3 is 15.2 Å². The molecule has 0 aromatic heterocycles. The zero-order valence-electron chi connectivity index (χ0n) is 8.96. The van der Waals surface area contributed by atoms with E-state index in [0.29, 0.717) is 17.1 Å². The number of benzene rings is 1. The van der Waals surface area contributed by atoms with Gasteiger partial charge in [0.2, 0.25) is 6.79 Å². The fourth-order valence-corrected chi connectivity index (χ4v) is 2.03. The van der Waals surface area contributed by atoms with Crippen LogP contribution in [0.1, 0.15) is 24.0 Å². The number of fused-ring (bicyclic) bond motifs is 1. The van der Waals surface area contributed by atoms with Crippen LogP contribution in [0.5, 0.6) is 11.5 Å². The van der Waals surface area contributed by atoms with Crippen LogP contribution in [0.4, 0.5) is 4.39 Å². The van der Waals surface area contributed by atoms with Crippen molar-refractivity contribution in [3.8, 4) is 11.5 Å². The summed E-state index contributed by atoms with van der Waals surface area (Å²) in [6.45, 7) is -0.264. The lowest BCUT2D eigenvalue weighted by Crippen LogP contribution is -2.25. The number of hydrogen-bond donors (Lipinski definition) is 1. The maximum atomic E-state index is 12.9. The summed E-state index contributed by atoms with van der Waals surface area (Å²) in [7, 11) is 0. The highest BCUT2D eigenvalue weighted by Gasteiger charge is 2.38. The summed E-state index contributed by atoms with van der Waals surface area (Å²) in [5, 5.41) is 0. The van der Waals surface area contributed by atoms with Gasteiger partial charge in [0.25, 0.3) is 0 Å². The van der Waals surface area contributed by atoms with E-state index in [1.54, 1.807) is 6.07 Å². The van der Waals surface area contributed by atoms with Crippen LogP contribution >= 0.6 is 0 Å². The summed E-state index contributed by atoms with van der Waals surface area (Å²) in [5.74, 6) is 1.34. The Morgan fingerprint density at radius 2 is 1.81 bits per heavy atom. The molecule has 1 aromatic rings. The van der Waals surface area contributed by atoms with Crippen LogP contribution in [0.3, 0.4) is 0 Å². The fourth-order valence-electron chi connectivity index (χ4n) is 2.03. The van der Waals surface area contributed by atoms with Gasteiger partial charge in [0.05, 0.1) is 0 Å². The van der Waals surface area contributed by atoms with Crippen LogP contribution in [-0.4, -0.2) is 12.3 Å². The molecule has 3 nitrogen and oxygen atoms in total. The molecule has 3 rings (SSSR count). The summed E-state index contributed by atoms with van der Waals surface area (Å²) in [5.41, 5.74) is 7.56. The molecule has 4 heteroatoms. The lowest BCUT2D eigenvalue weighted by atomic mass is 9.99. The second-order valence-electron chi connectivity index (χ2n) is 4.65. The Kier molecular flexibility index (Phi) is 2.07. The second-order valence-corrected chi connectivity index (χ2v) is 4.65. The Morgan fingerprint density at radius 1 is 1.19 bits per heavy atom. The largest absolute Gasteiger partial charge is 0.454 e. The number of halogens is 1. The van der Waals surface area contributed by atoms with Crippen molar-refractivity contribution in [2.24, 2.45) is 5.73 Å². The smallest absolute Gasteiger partial charge is 0.231 e. The molecule has 0 bridgehead atoms. The first-order valence-electron chi connectivity index (χ1n) is 5.46. The van der Waals surface area contributed by atoms with E-state index in [0.717, 1.165) is 24.8 Å². The van der Waals surface area contributed by atoms with Crippen LogP contribution in [-0.2, 0) is 13.1 Å². The molecule has 1 aliphatic heterocycles. The first-order chi connectivity index (χ1) is 7.70. The molecule has 0 spiro atoms. The molecule has 1 heterocycles. The minimum atomic E-state index is -0.484. The molecule has 1 saturated carbocycles. The van der Waals surface area contributed by atoms with E-state index in [-0.39, 0.29) is 12.3 Å². The van der Waals surface area contributed by atoms with Crippen LogP contribution in [0, 0.1) is 0 Å². The van der Waals surface area contributed by atoms with Gasteiger partial charge in [-0.25, -0.2) is 4.39 Å². The van der Waals surface area contributed by atoms with Crippen molar-refractivity contribution in [2.75, 3.05) is 6.79 Å². The van der Waals surface area contributed by atoms with Crippen LogP contribution in [0.2, 0.25) is 0 Å². The molecular formula is C12H14FNO2.